The predicted octanol–water partition coefficient (Wildman–Crippen LogP) is 1.97. The van der Waals surface area contributed by atoms with Crippen LogP contribution in [0.15, 0.2) is 42.6 Å². The number of carbonyl (C=O) groups is 2. The van der Waals surface area contributed by atoms with Gasteiger partial charge in [0, 0.05) is 25.8 Å². The quantitative estimate of drug-likeness (QED) is 0.570. The van der Waals surface area contributed by atoms with Crippen molar-refractivity contribution in [3.8, 4) is 0 Å². The van der Waals surface area contributed by atoms with Gasteiger partial charge in [-0.25, -0.2) is 0 Å². The van der Waals surface area contributed by atoms with Crippen LogP contribution in [-0.4, -0.2) is 87.1 Å². The van der Waals surface area contributed by atoms with Crippen LogP contribution in [0.5, 0.6) is 0 Å². The Morgan fingerprint density at radius 3 is 2.51 bits per heavy atom. The molecule has 0 unspecified atom stereocenters. The summed E-state index contributed by atoms with van der Waals surface area (Å²) < 4.78 is 5.56. The molecule has 2 fully saturated rings. The van der Waals surface area contributed by atoms with Gasteiger partial charge in [-0.3, -0.25) is 19.6 Å². The number of esters is 1. The molecule has 1 amide bonds. The van der Waals surface area contributed by atoms with Crippen LogP contribution in [0.3, 0.4) is 0 Å². The third-order valence-electron chi connectivity index (χ3n) is 7.37. The number of benzene rings is 1. The van der Waals surface area contributed by atoms with Crippen molar-refractivity contribution in [3.63, 3.8) is 0 Å². The van der Waals surface area contributed by atoms with Gasteiger partial charge in [-0.1, -0.05) is 36.8 Å². The first-order valence-electron chi connectivity index (χ1n) is 12.6. The number of aliphatic hydroxyl groups excluding tert-OH is 2. The smallest absolute Gasteiger partial charge is 0.312 e. The summed E-state index contributed by atoms with van der Waals surface area (Å²) in [4.78, 5) is 30.2. The number of aromatic nitrogens is 2. The van der Waals surface area contributed by atoms with Crippen LogP contribution in [0.2, 0.25) is 0 Å². The van der Waals surface area contributed by atoms with Crippen molar-refractivity contribution < 1.29 is 24.5 Å². The van der Waals surface area contributed by atoms with E-state index in [1.165, 1.54) is 11.8 Å². The van der Waals surface area contributed by atoms with Crippen LogP contribution in [0.25, 0.3) is 0 Å². The van der Waals surface area contributed by atoms with E-state index in [0.717, 1.165) is 32.5 Å². The highest BCUT2D eigenvalue weighted by atomic mass is 16.5. The first-order valence-corrected chi connectivity index (χ1v) is 12.6. The number of piperidine rings is 1. The number of amides is 1. The van der Waals surface area contributed by atoms with Gasteiger partial charge in [0.05, 0.1) is 11.5 Å². The van der Waals surface area contributed by atoms with Gasteiger partial charge in [0.1, 0.15) is 18.4 Å². The van der Waals surface area contributed by atoms with Crippen LogP contribution in [-0.2, 0) is 16.1 Å². The van der Waals surface area contributed by atoms with Crippen molar-refractivity contribution in [2.45, 2.75) is 57.3 Å². The molecule has 1 aromatic carbocycles. The third-order valence-corrected chi connectivity index (χ3v) is 7.37. The van der Waals surface area contributed by atoms with Gasteiger partial charge in [-0.15, -0.1) is 0 Å². The maximum atomic E-state index is 13.2. The largest absolute Gasteiger partial charge is 0.462 e. The minimum absolute atomic E-state index is 0.185. The molecule has 3 heterocycles. The first-order chi connectivity index (χ1) is 17.0. The molecule has 35 heavy (non-hydrogen) atoms. The van der Waals surface area contributed by atoms with E-state index in [2.05, 4.69) is 27.2 Å². The number of nitrogens with one attached hydrogen (secondary N) is 1. The number of hydrogen-bond donors (Lipinski definition) is 3. The molecular formula is C26H36N4O5. The third kappa shape index (κ3) is 6.48. The second-order valence-electron chi connectivity index (χ2n) is 9.78. The lowest BCUT2D eigenvalue weighted by Crippen LogP contribution is -2.45. The SMILES string of the molecule is O=C(c1ccn[nH]1)N1CCCCC2(CCN(Cc3ccccc3)CC2)C(=O)OC[C@@H](O)[C@@H](O)CC1. The molecular weight excluding hydrogens is 448 g/mol. The Hall–Kier alpha value is -2.75. The van der Waals surface area contributed by atoms with Gasteiger partial charge in [0.2, 0.25) is 0 Å². The zero-order chi connectivity index (χ0) is 24.7. The molecule has 1 spiro atoms. The van der Waals surface area contributed by atoms with Crippen molar-refractivity contribution in [1.82, 2.24) is 20.0 Å². The van der Waals surface area contributed by atoms with E-state index in [4.69, 9.17) is 4.74 Å². The Bertz CT molecular complexity index is 944. The molecule has 3 N–H and O–H groups in total. The van der Waals surface area contributed by atoms with Crippen molar-refractivity contribution >= 4 is 11.9 Å². The van der Waals surface area contributed by atoms with Gasteiger partial charge in [-0.2, -0.15) is 5.10 Å². The fraction of sp³-hybridized carbons (Fsp3) is 0.577. The number of H-pyrrole nitrogens is 1. The number of hydrogen-bond acceptors (Lipinski definition) is 7. The Morgan fingerprint density at radius 1 is 1.03 bits per heavy atom. The van der Waals surface area contributed by atoms with Gasteiger partial charge in [0.25, 0.3) is 5.91 Å². The molecule has 0 aliphatic carbocycles. The summed E-state index contributed by atoms with van der Waals surface area (Å²) in [7, 11) is 0. The number of nitrogens with zero attached hydrogens (tertiary/aromatic N) is 3. The predicted molar refractivity (Wildman–Crippen MR) is 129 cm³/mol. The Kier molecular flexibility index (Phi) is 8.54. The second-order valence-corrected chi connectivity index (χ2v) is 9.78. The zero-order valence-electron chi connectivity index (χ0n) is 20.1. The minimum atomic E-state index is -1.20. The monoisotopic (exact) mass is 484 g/mol. The molecule has 2 aromatic rings. The molecule has 9 nitrogen and oxygen atoms in total. The maximum absolute atomic E-state index is 13.2. The highest BCUT2D eigenvalue weighted by molar-refractivity contribution is 5.92. The average Bonchev–Trinajstić information content (AvgIpc) is 3.42. The zero-order valence-corrected chi connectivity index (χ0v) is 20.1. The van der Waals surface area contributed by atoms with Crippen LogP contribution in [0, 0.1) is 5.41 Å². The topological polar surface area (TPSA) is 119 Å². The summed E-state index contributed by atoms with van der Waals surface area (Å²) >= 11 is 0. The van der Waals surface area contributed by atoms with Crippen LogP contribution in [0.4, 0.5) is 0 Å². The Balaban J connectivity index is 1.42. The number of aromatic amines is 1. The van der Waals surface area contributed by atoms with E-state index in [-0.39, 0.29) is 24.9 Å². The minimum Gasteiger partial charge on any atom is -0.462 e. The molecule has 2 aliphatic rings. The molecule has 0 radical (unpaired) electrons. The second kappa shape index (κ2) is 11.8. The summed E-state index contributed by atoms with van der Waals surface area (Å²) in [6, 6.07) is 11.9. The lowest BCUT2D eigenvalue weighted by molar-refractivity contribution is -0.165. The standard InChI is InChI=1S/C26H36N4O5/c31-22-9-15-30(24(33)21-8-13-27-28-21)14-5-4-10-26(25(34)35-19-23(22)32)11-16-29(17-12-26)18-20-6-2-1-3-7-20/h1-3,6-8,13,22-23,31-32H,4-5,9-12,14-19H2,(H,27,28)/t22-,23+/m0/s1. The molecule has 0 saturated carbocycles. The lowest BCUT2D eigenvalue weighted by atomic mass is 9.74. The normalized spacial score (nSPS) is 24.7. The highest BCUT2D eigenvalue weighted by Crippen LogP contribution is 2.38. The van der Waals surface area contributed by atoms with E-state index in [0.29, 0.717) is 38.0 Å². The van der Waals surface area contributed by atoms with Gasteiger partial charge >= 0.3 is 5.97 Å². The van der Waals surface area contributed by atoms with E-state index in [1.54, 1.807) is 11.0 Å². The first kappa shape index (κ1) is 25.3. The van der Waals surface area contributed by atoms with Crippen molar-refractivity contribution in [1.29, 1.82) is 0 Å². The summed E-state index contributed by atoms with van der Waals surface area (Å²) in [6.45, 7) is 2.99. The molecule has 9 heteroatoms. The molecule has 2 saturated heterocycles. The Labute approximate surface area is 206 Å². The highest BCUT2D eigenvalue weighted by Gasteiger charge is 2.42. The Morgan fingerprint density at radius 2 is 1.80 bits per heavy atom. The van der Waals surface area contributed by atoms with E-state index < -0.39 is 17.6 Å². The van der Waals surface area contributed by atoms with E-state index in [1.807, 2.05) is 18.2 Å². The van der Waals surface area contributed by atoms with Gasteiger partial charge < -0.3 is 19.8 Å². The van der Waals surface area contributed by atoms with Crippen molar-refractivity contribution in [3.05, 3.63) is 53.9 Å². The maximum Gasteiger partial charge on any atom is 0.312 e. The molecule has 2 atom stereocenters. The fourth-order valence-corrected chi connectivity index (χ4v) is 5.07. The lowest BCUT2D eigenvalue weighted by Gasteiger charge is -2.40. The van der Waals surface area contributed by atoms with E-state index >= 15 is 0 Å². The van der Waals surface area contributed by atoms with Crippen molar-refractivity contribution in [2.24, 2.45) is 5.41 Å². The molecule has 190 valence electrons. The molecule has 0 bridgehead atoms. The van der Waals surface area contributed by atoms with Crippen molar-refractivity contribution in [2.75, 3.05) is 32.8 Å². The number of cyclic esters (lactones) is 1. The molecule has 1 aromatic heterocycles. The van der Waals surface area contributed by atoms with Gasteiger partial charge in [-0.05, 0) is 56.8 Å². The van der Waals surface area contributed by atoms with Crippen LogP contribution >= 0.6 is 0 Å². The van der Waals surface area contributed by atoms with Gasteiger partial charge in [0.15, 0.2) is 0 Å². The summed E-state index contributed by atoms with van der Waals surface area (Å²) in [5.41, 5.74) is 1.04. The molecule has 2 aliphatic heterocycles. The summed E-state index contributed by atoms with van der Waals surface area (Å²) in [5.74, 6) is -0.469. The number of ether oxygens (including phenoxy) is 1. The summed E-state index contributed by atoms with van der Waals surface area (Å²) in [5, 5.41) is 27.4. The number of rotatable bonds is 3. The number of carbonyl (C=O) groups excluding carboxylic acids is 2. The number of aliphatic hydroxyl groups is 2. The molecule has 4 rings (SSSR count). The van der Waals surface area contributed by atoms with Crippen LogP contribution < -0.4 is 0 Å². The average molecular weight is 485 g/mol. The fourth-order valence-electron chi connectivity index (χ4n) is 5.07. The summed E-state index contributed by atoms with van der Waals surface area (Å²) in [6.07, 6.45) is 3.01. The van der Waals surface area contributed by atoms with Crippen LogP contribution in [0.1, 0.15) is 54.6 Å². The van der Waals surface area contributed by atoms with E-state index in [9.17, 15) is 19.8 Å². The number of likely N-dealkylation sites (tertiary alicyclic amines) is 1.